The van der Waals surface area contributed by atoms with E-state index in [0.717, 1.165) is 0 Å². The van der Waals surface area contributed by atoms with Crippen LogP contribution in [-0.4, -0.2) is 32.7 Å². The maximum atomic E-state index is 12.4. The SMILES string of the molecule is Nc1nc2cc3c1[nH]c(=O)n3Cc1ncccc1OCC=CCCO2. The second kappa shape index (κ2) is 6.31. The quantitative estimate of drug-likeness (QED) is 0.601. The van der Waals surface area contributed by atoms with Crippen molar-refractivity contribution < 1.29 is 9.47 Å². The Hall–Kier alpha value is -3.29. The van der Waals surface area contributed by atoms with Crippen molar-refractivity contribution in [3.05, 3.63) is 52.7 Å². The number of nitrogens with zero attached hydrogens (tertiary/aromatic N) is 3. The van der Waals surface area contributed by atoms with Gasteiger partial charge in [0.2, 0.25) is 5.88 Å². The zero-order chi connectivity index (χ0) is 17.2. The summed E-state index contributed by atoms with van der Waals surface area (Å²) in [5, 5.41) is 0. The first-order chi connectivity index (χ1) is 12.2. The minimum absolute atomic E-state index is 0.225. The van der Waals surface area contributed by atoms with Crippen molar-refractivity contribution in [2.45, 2.75) is 13.0 Å². The number of nitrogens with two attached hydrogens (primary N) is 1. The van der Waals surface area contributed by atoms with E-state index in [0.29, 0.717) is 48.0 Å². The van der Waals surface area contributed by atoms with Crippen LogP contribution in [0.3, 0.4) is 0 Å². The zero-order valence-corrected chi connectivity index (χ0v) is 13.4. The largest absolute Gasteiger partial charge is 0.488 e. The van der Waals surface area contributed by atoms with E-state index in [1.807, 2.05) is 18.2 Å². The summed E-state index contributed by atoms with van der Waals surface area (Å²) in [6.07, 6.45) is 6.29. The number of imidazole rings is 1. The normalized spacial score (nSPS) is 14.6. The third-order valence-electron chi connectivity index (χ3n) is 3.96. The first-order valence-electron chi connectivity index (χ1n) is 7.96. The molecule has 3 aromatic heterocycles. The first kappa shape index (κ1) is 15.3. The van der Waals surface area contributed by atoms with Gasteiger partial charge in [-0.15, -0.1) is 0 Å². The Morgan fingerprint density at radius 2 is 2.20 bits per heavy atom. The van der Waals surface area contributed by atoms with Crippen molar-refractivity contribution in [2.75, 3.05) is 18.9 Å². The van der Waals surface area contributed by atoms with Crippen molar-refractivity contribution in [1.29, 1.82) is 0 Å². The molecule has 0 aliphatic carbocycles. The van der Waals surface area contributed by atoms with Crippen molar-refractivity contribution in [1.82, 2.24) is 19.5 Å². The molecular formula is C17H17N5O3. The summed E-state index contributed by atoms with van der Waals surface area (Å²) in [6, 6.07) is 5.35. The Morgan fingerprint density at radius 1 is 1.28 bits per heavy atom. The van der Waals surface area contributed by atoms with Gasteiger partial charge in [-0.3, -0.25) is 9.55 Å². The summed E-state index contributed by atoms with van der Waals surface area (Å²) in [5.74, 6) is 1.26. The van der Waals surface area contributed by atoms with Gasteiger partial charge in [-0.1, -0.05) is 12.2 Å². The zero-order valence-electron chi connectivity index (χ0n) is 13.4. The van der Waals surface area contributed by atoms with Crippen LogP contribution >= 0.6 is 0 Å². The number of H-pyrrole nitrogens is 1. The molecule has 4 heterocycles. The van der Waals surface area contributed by atoms with Crippen molar-refractivity contribution >= 4 is 16.9 Å². The van der Waals surface area contributed by atoms with Gasteiger partial charge in [0.1, 0.15) is 23.6 Å². The molecule has 8 nitrogen and oxygen atoms in total. The Labute approximate surface area is 142 Å². The molecular weight excluding hydrogens is 322 g/mol. The summed E-state index contributed by atoms with van der Waals surface area (Å²) in [5.41, 5.74) is 7.46. The highest BCUT2D eigenvalue weighted by Gasteiger charge is 2.15. The van der Waals surface area contributed by atoms with E-state index in [-0.39, 0.29) is 18.1 Å². The second-order valence-corrected chi connectivity index (χ2v) is 5.62. The first-order valence-corrected chi connectivity index (χ1v) is 7.96. The minimum atomic E-state index is -0.288. The average molecular weight is 339 g/mol. The Balaban J connectivity index is 1.88. The van der Waals surface area contributed by atoms with Gasteiger partial charge in [-0.2, -0.15) is 4.98 Å². The highest BCUT2D eigenvalue weighted by atomic mass is 16.5. The van der Waals surface area contributed by atoms with Crippen LogP contribution in [-0.2, 0) is 6.54 Å². The lowest BCUT2D eigenvalue weighted by atomic mass is 10.3. The van der Waals surface area contributed by atoms with Crippen LogP contribution in [0, 0.1) is 0 Å². The van der Waals surface area contributed by atoms with Gasteiger partial charge >= 0.3 is 5.69 Å². The third-order valence-corrected chi connectivity index (χ3v) is 3.96. The molecule has 3 N–H and O–H groups in total. The summed E-state index contributed by atoms with van der Waals surface area (Å²) >= 11 is 0. The minimum Gasteiger partial charge on any atom is -0.488 e. The fourth-order valence-electron chi connectivity index (χ4n) is 2.76. The van der Waals surface area contributed by atoms with E-state index in [1.165, 1.54) is 0 Å². The number of nitrogen functional groups attached to an aromatic ring is 1. The van der Waals surface area contributed by atoms with Gasteiger partial charge in [0, 0.05) is 12.3 Å². The summed E-state index contributed by atoms with van der Waals surface area (Å²) < 4.78 is 13.0. The maximum absolute atomic E-state index is 12.4. The summed E-state index contributed by atoms with van der Waals surface area (Å²) in [4.78, 5) is 23.7. The van der Waals surface area contributed by atoms with Gasteiger partial charge in [-0.05, 0) is 18.6 Å². The third kappa shape index (κ3) is 2.93. The number of ether oxygens (including phenoxy) is 2. The standard InChI is InChI=1S/C17H17N5O3/c18-16-15-12-9-14(20-16)25-8-3-1-2-7-24-13-5-4-6-19-11(13)10-22(12)17(23)21-15/h1-2,4-6,9H,3,7-8,10H2,(H2,18,20)(H,21,23). The molecule has 3 aromatic rings. The van der Waals surface area contributed by atoms with Gasteiger partial charge in [0.15, 0.2) is 5.82 Å². The van der Waals surface area contributed by atoms with Crippen LogP contribution in [0.5, 0.6) is 11.6 Å². The van der Waals surface area contributed by atoms with Crippen molar-refractivity contribution in [3.8, 4) is 11.6 Å². The number of aromatic amines is 1. The van der Waals surface area contributed by atoms with Crippen molar-refractivity contribution in [2.24, 2.45) is 0 Å². The Bertz CT molecular complexity index is 1010. The fraction of sp³-hybridized carbons (Fsp3) is 0.235. The molecule has 0 amide bonds. The van der Waals surface area contributed by atoms with Crippen LogP contribution in [0.4, 0.5) is 5.82 Å². The van der Waals surface area contributed by atoms with Crippen LogP contribution in [0.1, 0.15) is 12.1 Å². The van der Waals surface area contributed by atoms with Gasteiger partial charge in [0.25, 0.3) is 0 Å². The number of nitrogens with one attached hydrogen (secondary N) is 1. The molecule has 0 saturated carbocycles. The van der Waals surface area contributed by atoms with E-state index >= 15 is 0 Å². The van der Waals surface area contributed by atoms with Crippen LogP contribution in [0.2, 0.25) is 0 Å². The molecule has 1 aliphatic rings. The van der Waals surface area contributed by atoms with E-state index in [9.17, 15) is 4.79 Å². The summed E-state index contributed by atoms with van der Waals surface area (Å²) in [7, 11) is 0. The fourth-order valence-corrected chi connectivity index (χ4v) is 2.76. The molecule has 0 radical (unpaired) electrons. The molecule has 0 aromatic carbocycles. The second-order valence-electron chi connectivity index (χ2n) is 5.62. The number of fused-ring (bicyclic) bond motifs is 2. The molecule has 8 heteroatoms. The topological polar surface area (TPSA) is 108 Å². The molecule has 25 heavy (non-hydrogen) atoms. The molecule has 0 spiro atoms. The maximum Gasteiger partial charge on any atom is 0.326 e. The monoisotopic (exact) mass is 339 g/mol. The Kier molecular flexibility index (Phi) is 3.85. The lowest BCUT2D eigenvalue weighted by molar-refractivity contribution is 0.312. The molecule has 128 valence electrons. The molecule has 2 bridgehead atoms. The number of pyridine rings is 2. The summed E-state index contributed by atoms with van der Waals surface area (Å²) in [6.45, 7) is 1.13. The molecule has 4 rings (SSSR count). The van der Waals surface area contributed by atoms with E-state index in [1.54, 1.807) is 22.9 Å². The van der Waals surface area contributed by atoms with E-state index < -0.39 is 0 Å². The Morgan fingerprint density at radius 3 is 3.12 bits per heavy atom. The van der Waals surface area contributed by atoms with E-state index in [2.05, 4.69) is 15.0 Å². The van der Waals surface area contributed by atoms with E-state index in [4.69, 9.17) is 15.2 Å². The highest BCUT2D eigenvalue weighted by Crippen LogP contribution is 2.24. The number of rotatable bonds is 0. The predicted octanol–water partition coefficient (Wildman–Crippen LogP) is 1.47. The molecule has 0 unspecified atom stereocenters. The van der Waals surface area contributed by atoms with Gasteiger partial charge < -0.3 is 20.2 Å². The number of hydrogen-bond acceptors (Lipinski definition) is 6. The van der Waals surface area contributed by atoms with Crippen LogP contribution in [0.15, 0.2) is 41.3 Å². The average Bonchev–Trinajstić information content (AvgIpc) is 2.92. The number of aromatic nitrogens is 4. The highest BCUT2D eigenvalue weighted by molar-refractivity contribution is 5.85. The van der Waals surface area contributed by atoms with Crippen molar-refractivity contribution in [3.63, 3.8) is 0 Å². The molecule has 1 aliphatic heterocycles. The number of anilines is 1. The smallest absolute Gasteiger partial charge is 0.326 e. The van der Waals surface area contributed by atoms with Gasteiger partial charge in [0.05, 0.1) is 18.7 Å². The lowest BCUT2D eigenvalue weighted by Gasteiger charge is -2.11. The van der Waals surface area contributed by atoms with Gasteiger partial charge in [-0.25, -0.2) is 4.79 Å². The molecule has 0 atom stereocenters. The molecule has 0 saturated heterocycles. The predicted molar refractivity (Wildman–Crippen MR) is 92.9 cm³/mol. The van der Waals surface area contributed by atoms with Crippen LogP contribution < -0.4 is 20.9 Å². The number of hydrogen-bond donors (Lipinski definition) is 2. The van der Waals surface area contributed by atoms with Crippen LogP contribution in [0.25, 0.3) is 11.0 Å². The molecule has 0 fully saturated rings. The lowest BCUT2D eigenvalue weighted by Crippen LogP contribution is -2.18.